The molecule has 0 aromatic heterocycles. The van der Waals surface area contributed by atoms with E-state index in [1.807, 2.05) is 19.1 Å². The third-order valence-electron chi connectivity index (χ3n) is 3.24. The molecule has 1 aromatic rings. The molecule has 0 unspecified atom stereocenters. The van der Waals surface area contributed by atoms with Gasteiger partial charge in [-0.15, -0.1) is 0 Å². The third kappa shape index (κ3) is 1.75. The summed E-state index contributed by atoms with van der Waals surface area (Å²) in [7, 11) is 1.67. The van der Waals surface area contributed by atoms with Gasteiger partial charge in [-0.1, -0.05) is 6.07 Å². The highest BCUT2D eigenvalue weighted by Crippen LogP contribution is 2.33. The van der Waals surface area contributed by atoms with Crippen LogP contribution in [0, 0.1) is 0 Å². The first-order valence-corrected chi connectivity index (χ1v) is 5.51. The molecule has 2 nitrogen and oxygen atoms in total. The fourth-order valence-electron chi connectivity index (χ4n) is 2.32. The maximum atomic E-state index is 11.5. The van der Waals surface area contributed by atoms with Crippen molar-refractivity contribution >= 4 is 11.4 Å². The van der Waals surface area contributed by atoms with Gasteiger partial charge in [0, 0.05) is 0 Å². The molecule has 1 aromatic carbocycles. The standard InChI is InChI=1S/C14H16O2/c1-9-13(10(2)15)6-4-11-8-12(16-3)5-7-14(9)11/h5,7-8H,4,6H2,1-3H3. The van der Waals surface area contributed by atoms with Gasteiger partial charge in [-0.25, -0.2) is 0 Å². The maximum absolute atomic E-state index is 11.5. The van der Waals surface area contributed by atoms with Crippen molar-refractivity contribution in [2.24, 2.45) is 0 Å². The molecule has 0 atom stereocenters. The van der Waals surface area contributed by atoms with Crippen LogP contribution in [-0.4, -0.2) is 12.9 Å². The number of aryl methyl sites for hydroxylation is 1. The molecule has 2 heteroatoms. The molecule has 1 aliphatic rings. The third-order valence-corrected chi connectivity index (χ3v) is 3.24. The average Bonchev–Trinajstić information content (AvgIpc) is 2.28. The minimum absolute atomic E-state index is 0.193. The lowest BCUT2D eigenvalue weighted by Crippen LogP contribution is -2.09. The number of hydrogen-bond donors (Lipinski definition) is 0. The molecule has 84 valence electrons. The lowest BCUT2D eigenvalue weighted by molar-refractivity contribution is -0.113. The Balaban J connectivity index is 2.51. The predicted octanol–water partition coefficient (Wildman–Crippen LogP) is 3.00. The molecule has 1 aliphatic carbocycles. The quantitative estimate of drug-likeness (QED) is 0.759. The Hall–Kier alpha value is -1.57. The maximum Gasteiger partial charge on any atom is 0.156 e. The van der Waals surface area contributed by atoms with Crippen molar-refractivity contribution in [1.82, 2.24) is 0 Å². The molecule has 0 spiro atoms. The summed E-state index contributed by atoms with van der Waals surface area (Å²) in [4.78, 5) is 11.5. The molecule has 0 saturated heterocycles. The van der Waals surface area contributed by atoms with Gasteiger partial charge in [0.1, 0.15) is 5.75 Å². The summed E-state index contributed by atoms with van der Waals surface area (Å²) in [6.07, 6.45) is 1.78. The van der Waals surface area contributed by atoms with Crippen LogP contribution in [0.25, 0.3) is 5.57 Å². The summed E-state index contributed by atoms with van der Waals surface area (Å²) in [5, 5.41) is 0. The van der Waals surface area contributed by atoms with Crippen LogP contribution in [-0.2, 0) is 11.2 Å². The second-order valence-corrected chi connectivity index (χ2v) is 4.18. The summed E-state index contributed by atoms with van der Waals surface area (Å²) >= 11 is 0. The monoisotopic (exact) mass is 216 g/mol. The first-order valence-electron chi connectivity index (χ1n) is 5.51. The molecule has 0 aliphatic heterocycles. The van der Waals surface area contributed by atoms with E-state index in [0.29, 0.717) is 0 Å². The first-order chi connectivity index (χ1) is 7.63. The largest absolute Gasteiger partial charge is 0.497 e. The fraction of sp³-hybridized carbons (Fsp3) is 0.357. The molecule has 0 N–H and O–H groups in total. The van der Waals surface area contributed by atoms with Gasteiger partial charge in [0.25, 0.3) is 0 Å². The summed E-state index contributed by atoms with van der Waals surface area (Å²) in [5.74, 6) is 1.08. The zero-order valence-electron chi connectivity index (χ0n) is 9.96. The Bertz CT molecular complexity index is 470. The Labute approximate surface area is 95.9 Å². The second-order valence-electron chi connectivity index (χ2n) is 4.18. The Morgan fingerprint density at radius 1 is 1.31 bits per heavy atom. The van der Waals surface area contributed by atoms with Gasteiger partial charge in [0.15, 0.2) is 5.78 Å². The van der Waals surface area contributed by atoms with Crippen molar-refractivity contribution in [3.8, 4) is 5.75 Å². The topological polar surface area (TPSA) is 26.3 Å². The SMILES string of the molecule is COc1ccc2c(c1)CCC(C(C)=O)=C2C. The van der Waals surface area contributed by atoms with Gasteiger partial charge in [-0.2, -0.15) is 0 Å². The fourth-order valence-corrected chi connectivity index (χ4v) is 2.32. The van der Waals surface area contributed by atoms with E-state index in [1.165, 1.54) is 11.1 Å². The predicted molar refractivity (Wildman–Crippen MR) is 64.6 cm³/mol. The van der Waals surface area contributed by atoms with E-state index in [0.717, 1.165) is 29.7 Å². The van der Waals surface area contributed by atoms with Crippen molar-refractivity contribution in [2.45, 2.75) is 26.7 Å². The molecular formula is C14H16O2. The average molecular weight is 216 g/mol. The Morgan fingerprint density at radius 3 is 2.69 bits per heavy atom. The number of carbonyl (C=O) groups excluding carboxylic acids is 1. The number of ketones is 1. The highest BCUT2D eigenvalue weighted by atomic mass is 16.5. The molecule has 0 heterocycles. The number of fused-ring (bicyclic) bond motifs is 1. The lowest BCUT2D eigenvalue weighted by Gasteiger charge is -2.20. The van der Waals surface area contributed by atoms with E-state index in [4.69, 9.17) is 4.74 Å². The van der Waals surface area contributed by atoms with Gasteiger partial charge < -0.3 is 4.74 Å². The van der Waals surface area contributed by atoms with E-state index < -0.39 is 0 Å². The van der Waals surface area contributed by atoms with Crippen molar-refractivity contribution in [2.75, 3.05) is 7.11 Å². The van der Waals surface area contributed by atoms with Gasteiger partial charge in [-0.05, 0) is 61.1 Å². The zero-order chi connectivity index (χ0) is 11.7. The number of ether oxygens (including phenoxy) is 1. The summed E-state index contributed by atoms with van der Waals surface area (Å²) in [5.41, 5.74) is 4.56. The van der Waals surface area contributed by atoms with E-state index in [-0.39, 0.29) is 5.78 Å². The smallest absolute Gasteiger partial charge is 0.156 e. The highest BCUT2D eigenvalue weighted by Gasteiger charge is 2.18. The number of rotatable bonds is 2. The van der Waals surface area contributed by atoms with Gasteiger partial charge in [0.2, 0.25) is 0 Å². The van der Waals surface area contributed by atoms with E-state index in [9.17, 15) is 4.79 Å². The van der Waals surface area contributed by atoms with Crippen LogP contribution in [0.4, 0.5) is 0 Å². The van der Waals surface area contributed by atoms with Crippen molar-refractivity contribution in [3.63, 3.8) is 0 Å². The van der Waals surface area contributed by atoms with E-state index in [1.54, 1.807) is 14.0 Å². The normalized spacial score (nSPS) is 14.7. The number of allylic oxidation sites excluding steroid dienone is 2. The van der Waals surface area contributed by atoms with Gasteiger partial charge in [-0.3, -0.25) is 4.79 Å². The van der Waals surface area contributed by atoms with Crippen LogP contribution in [0.1, 0.15) is 31.4 Å². The van der Waals surface area contributed by atoms with Crippen molar-refractivity contribution in [3.05, 3.63) is 34.9 Å². The number of benzene rings is 1. The zero-order valence-corrected chi connectivity index (χ0v) is 9.96. The Morgan fingerprint density at radius 2 is 2.06 bits per heavy atom. The van der Waals surface area contributed by atoms with Crippen molar-refractivity contribution in [1.29, 1.82) is 0 Å². The molecule has 0 saturated carbocycles. The minimum atomic E-state index is 0.193. The summed E-state index contributed by atoms with van der Waals surface area (Å²) in [6.45, 7) is 3.68. The van der Waals surface area contributed by atoms with Crippen LogP contribution in [0.15, 0.2) is 23.8 Å². The molecule has 2 rings (SSSR count). The first kappa shape index (κ1) is 10.9. The Kier molecular flexibility index (Phi) is 2.82. The minimum Gasteiger partial charge on any atom is -0.497 e. The second kappa shape index (κ2) is 4.12. The highest BCUT2D eigenvalue weighted by molar-refractivity contribution is 6.01. The molecule has 0 fully saturated rings. The van der Waals surface area contributed by atoms with Crippen LogP contribution in [0.2, 0.25) is 0 Å². The van der Waals surface area contributed by atoms with Gasteiger partial charge in [0.05, 0.1) is 7.11 Å². The van der Waals surface area contributed by atoms with Crippen molar-refractivity contribution < 1.29 is 9.53 Å². The number of methoxy groups -OCH3 is 1. The van der Waals surface area contributed by atoms with Crippen LogP contribution in [0.3, 0.4) is 0 Å². The number of Topliss-reactive ketones (excluding diaryl/α,β-unsaturated/α-hetero) is 1. The number of carbonyl (C=O) groups is 1. The van der Waals surface area contributed by atoms with Crippen LogP contribution in [0.5, 0.6) is 5.75 Å². The molecular weight excluding hydrogens is 200 g/mol. The molecule has 0 bridgehead atoms. The number of hydrogen-bond acceptors (Lipinski definition) is 2. The lowest BCUT2D eigenvalue weighted by atomic mass is 9.85. The molecule has 0 amide bonds. The van der Waals surface area contributed by atoms with E-state index >= 15 is 0 Å². The summed E-state index contributed by atoms with van der Waals surface area (Å²) < 4.78 is 5.21. The molecule has 0 radical (unpaired) electrons. The van der Waals surface area contributed by atoms with Gasteiger partial charge >= 0.3 is 0 Å². The van der Waals surface area contributed by atoms with Crippen LogP contribution >= 0.6 is 0 Å². The van der Waals surface area contributed by atoms with Crippen LogP contribution < -0.4 is 4.74 Å². The van der Waals surface area contributed by atoms with E-state index in [2.05, 4.69) is 6.07 Å². The summed E-state index contributed by atoms with van der Waals surface area (Å²) in [6, 6.07) is 6.06. The molecule has 16 heavy (non-hydrogen) atoms.